The van der Waals surface area contributed by atoms with E-state index < -0.39 is 5.82 Å². The van der Waals surface area contributed by atoms with Crippen molar-refractivity contribution >= 4 is 5.91 Å². The van der Waals surface area contributed by atoms with E-state index in [-0.39, 0.29) is 36.2 Å². The first-order chi connectivity index (χ1) is 8.10. The molecule has 1 aromatic carbocycles. The van der Waals surface area contributed by atoms with Crippen LogP contribution in [0.15, 0.2) is 18.2 Å². The first-order valence-electron chi connectivity index (χ1n) is 5.46. The fourth-order valence-corrected chi connectivity index (χ4v) is 1.84. The van der Waals surface area contributed by atoms with Gasteiger partial charge in [-0.15, -0.1) is 0 Å². The highest BCUT2D eigenvalue weighted by molar-refractivity contribution is 5.79. The maximum absolute atomic E-state index is 13.4. The predicted molar refractivity (Wildman–Crippen MR) is 58.9 cm³/mol. The lowest BCUT2D eigenvalue weighted by atomic mass is 10.00. The Bertz CT molecular complexity index is 430. The Morgan fingerprint density at radius 2 is 2.18 bits per heavy atom. The third-order valence-corrected chi connectivity index (χ3v) is 2.95. The van der Waals surface area contributed by atoms with Crippen LogP contribution < -0.4 is 0 Å². The van der Waals surface area contributed by atoms with Crippen molar-refractivity contribution in [3.63, 3.8) is 0 Å². The topological polar surface area (TPSA) is 60.8 Å². The van der Waals surface area contributed by atoms with Crippen molar-refractivity contribution in [3.05, 3.63) is 29.6 Å². The number of carbonyl (C=O) groups is 1. The molecule has 0 aliphatic carbocycles. The van der Waals surface area contributed by atoms with Gasteiger partial charge in [0, 0.05) is 31.7 Å². The minimum Gasteiger partial charge on any atom is -0.508 e. The summed E-state index contributed by atoms with van der Waals surface area (Å²) in [5, 5.41) is 17.9. The molecule has 17 heavy (non-hydrogen) atoms. The normalized spacial score (nSPS) is 15.8. The molecule has 0 spiro atoms. The van der Waals surface area contributed by atoms with E-state index in [2.05, 4.69) is 0 Å². The van der Waals surface area contributed by atoms with Crippen LogP contribution in [0.1, 0.15) is 5.56 Å². The van der Waals surface area contributed by atoms with Crippen molar-refractivity contribution in [3.8, 4) is 5.75 Å². The molecule has 1 heterocycles. The number of phenolic OH excluding ortho intramolecular Hbond substituents is 1. The van der Waals surface area contributed by atoms with E-state index in [0.717, 1.165) is 6.07 Å². The third kappa shape index (κ3) is 2.55. The molecule has 1 amide bonds. The van der Waals surface area contributed by atoms with E-state index in [1.165, 1.54) is 12.1 Å². The number of phenols is 1. The molecule has 1 aliphatic rings. The molecule has 0 radical (unpaired) electrons. The molecule has 1 aromatic rings. The lowest BCUT2D eigenvalue weighted by Gasteiger charge is -2.38. The largest absolute Gasteiger partial charge is 0.508 e. The second-order valence-electron chi connectivity index (χ2n) is 4.30. The zero-order valence-electron chi connectivity index (χ0n) is 9.27. The predicted octanol–water partition coefficient (Wildman–Crippen LogP) is 0.524. The maximum atomic E-state index is 13.4. The molecule has 4 nitrogen and oxygen atoms in total. The van der Waals surface area contributed by atoms with Crippen LogP contribution in [0.5, 0.6) is 5.75 Å². The van der Waals surface area contributed by atoms with Gasteiger partial charge in [0.15, 0.2) is 0 Å². The summed E-state index contributed by atoms with van der Waals surface area (Å²) in [4.78, 5) is 13.3. The quantitative estimate of drug-likeness (QED) is 0.808. The summed E-state index contributed by atoms with van der Waals surface area (Å²) >= 11 is 0. The highest BCUT2D eigenvalue weighted by atomic mass is 19.1. The summed E-state index contributed by atoms with van der Waals surface area (Å²) in [5.41, 5.74) is 0.278. The van der Waals surface area contributed by atoms with Crippen molar-refractivity contribution in [1.82, 2.24) is 4.90 Å². The average molecular weight is 239 g/mol. The van der Waals surface area contributed by atoms with Crippen molar-refractivity contribution in [2.75, 3.05) is 19.7 Å². The number of hydrogen-bond acceptors (Lipinski definition) is 3. The number of aliphatic hydroxyl groups excluding tert-OH is 1. The smallest absolute Gasteiger partial charge is 0.227 e. The van der Waals surface area contributed by atoms with Crippen LogP contribution in [0, 0.1) is 11.7 Å². The Morgan fingerprint density at radius 3 is 2.76 bits per heavy atom. The molecule has 0 aromatic heterocycles. The minimum atomic E-state index is -0.572. The van der Waals surface area contributed by atoms with E-state index in [0.29, 0.717) is 13.1 Å². The van der Waals surface area contributed by atoms with Crippen LogP contribution in [-0.4, -0.2) is 40.7 Å². The van der Waals surface area contributed by atoms with Crippen molar-refractivity contribution < 1.29 is 19.4 Å². The van der Waals surface area contributed by atoms with Gasteiger partial charge in [-0.1, -0.05) is 6.07 Å². The van der Waals surface area contributed by atoms with Gasteiger partial charge in [-0.05, 0) is 11.6 Å². The highest BCUT2D eigenvalue weighted by Gasteiger charge is 2.29. The van der Waals surface area contributed by atoms with Gasteiger partial charge < -0.3 is 15.1 Å². The number of rotatable bonds is 3. The first-order valence-corrected chi connectivity index (χ1v) is 5.46. The van der Waals surface area contributed by atoms with Crippen molar-refractivity contribution in [1.29, 1.82) is 0 Å². The number of hydrogen-bond donors (Lipinski definition) is 2. The molecule has 1 saturated heterocycles. The van der Waals surface area contributed by atoms with Gasteiger partial charge in [0.25, 0.3) is 0 Å². The molecular formula is C12H14FNO3. The summed E-state index contributed by atoms with van der Waals surface area (Å²) in [6.07, 6.45) is -0.00966. The van der Waals surface area contributed by atoms with Crippen LogP contribution in [0.2, 0.25) is 0 Å². The van der Waals surface area contributed by atoms with Gasteiger partial charge in [0.05, 0.1) is 6.42 Å². The van der Waals surface area contributed by atoms with Gasteiger partial charge >= 0.3 is 0 Å². The maximum Gasteiger partial charge on any atom is 0.227 e. The van der Waals surface area contributed by atoms with Crippen LogP contribution in [0.3, 0.4) is 0 Å². The van der Waals surface area contributed by atoms with E-state index in [1.807, 2.05) is 0 Å². The Balaban J connectivity index is 1.95. The van der Waals surface area contributed by atoms with E-state index in [1.54, 1.807) is 4.90 Å². The number of amides is 1. The van der Waals surface area contributed by atoms with Crippen molar-refractivity contribution in [2.45, 2.75) is 6.42 Å². The third-order valence-electron chi connectivity index (χ3n) is 2.95. The lowest BCUT2D eigenvalue weighted by Crippen LogP contribution is -2.51. The van der Waals surface area contributed by atoms with Crippen LogP contribution in [0.25, 0.3) is 0 Å². The number of carbonyl (C=O) groups excluding carboxylic acids is 1. The number of aliphatic hydroxyl groups is 1. The van der Waals surface area contributed by atoms with Gasteiger partial charge in [-0.3, -0.25) is 4.79 Å². The van der Waals surface area contributed by atoms with Gasteiger partial charge in [-0.25, -0.2) is 4.39 Å². The fourth-order valence-electron chi connectivity index (χ4n) is 1.84. The second-order valence-corrected chi connectivity index (χ2v) is 4.30. The lowest BCUT2D eigenvalue weighted by molar-refractivity contribution is -0.137. The first kappa shape index (κ1) is 11.9. The fraction of sp³-hybridized carbons (Fsp3) is 0.417. The molecule has 2 N–H and O–H groups in total. The Labute approximate surface area is 98.3 Å². The molecule has 1 fully saturated rings. The monoisotopic (exact) mass is 239 g/mol. The van der Waals surface area contributed by atoms with E-state index in [4.69, 9.17) is 10.2 Å². The number of nitrogens with zero attached hydrogens (tertiary/aromatic N) is 1. The van der Waals surface area contributed by atoms with Crippen LogP contribution >= 0.6 is 0 Å². The number of benzene rings is 1. The number of halogens is 1. The van der Waals surface area contributed by atoms with Gasteiger partial charge in [0.2, 0.25) is 5.91 Å². The summed E-state index contributed by atoms with van der Waals surface area (Å²) in [6.45, 7) is 1.15. The van der Waals surface area contributed by atoms with Crippen molar-refractivity contribution in [2.24, 2.45) is 5.92 Å². The minimum absolute atomic E-state index is 0.00966. The van der Waals surface area contributed by atoms with Crippen LogP contribution in [-0.2, 0) is 11.2 Å². The average Bonchev–Trinajstić information content (AvgIpc) is 2.21. The number of aromatic hydroxyl groups is 1. The number of likely N-dealkylation sites (tertiary alicyclic amines) is 1. The SMILES string of the molecule is O=C(Cc1ccc(O)cc1F)N1CC(CO)C1. The molecule has 0 saturated carbocycles. The Morgan fingerprint density at radius 1 is 1.47 bits per heavy atom. The van der Waals surface area contributed by atoms with Gasteiger partial charge in [0.1, 0.15) is 11.6 Å². The Kier molecular flexibility index (Phi) is 3.28. The summed E-state index contributed by atoms with van der Waals surface area (Å²) in [7, 11) is 0. The molecule has 0 bridgehead atoms. The summed E-state index contributed by atoms with van der Waals surface area (Å²) < 4.78 is 13.4. The van der Waals surface area contributed by atoms with E-state index in [9.17, 15) is 9.18 Å². The zero-order chi connectivity index (χ0) is 12.4. The molecule has 2 rings (SSSR count). The van der Waals surface area contributed by atoms with Gasteiger partial charge in [-0.2, -0.15) is 0 Å². The van der Waals surface area contributed by atoms with Crippen LogP contribution in [0.4, 0.5) is 4.39 Å². The second kappa shape index (κ2) is 4.71. The molecule has 0 atom stereocenters. The standard InChI is InChI=1S/C12H14FNO3/c13-11-4-10(16)2-1-9(11)3-12(17)14-5-8(6-14)7-15/h1-2,4,8,15-16H,3,5-7H2. The summed E-state index contributed by atoms with van der Waals surface area (Å²) in [5.74, 6) is -0.719. The molecule has 5 heteroatoms. The molecule has 1 aliphatic heterocycles. The van der Waals surface area contributed by atoms with E-state index >= 15 is 0 Å². The zero-order valence-corrected chi connectivity index (χ0v) is 9.27. The molecular weight excluding hydrogens is 225 g/mol. The Hall–Kier alpha value is -1.62. The highest BCUT2D eigenvalue weighted by Crippen LogP contribution is 2.19. The molecule has 92 valence electrons. The summed E-state index contributed by atoms with van der Waals surface area (Å²) in [6, 6.07) is 3.76. The molecule has 0 unspecified atom stereocenters.